The third-order valence-corrected chi connectivity index (χ3v) is 6.13. The Morgan fingerprint density at radius 3 is 2.61 bits per heavy atom. The molecule has 0 bridgehead atoms. The highest BCUT2D eigenvalue weighted by Gasteiger charge is 2.16. The van der Waals surface area contributed by atoms with Crippen molar-refractivity contribution in [1.82, 2.24) is 9.97 Å². The van der Waals surface area contributed by atoms with Gasteiger partial charge in [-0.05, 0) is 40.3 Å². The Hall–Kier alpha value is -2.78. The van der Waals surface area contributed by atoms with E-state index in [-0.39, 0.29) is 5.41 Å². The summed E-state index contributed by atoms with van der Waals surface area (Å²) in [5.41, 5.74) is 4.49. The van der Waals surface area contributed by atoms with Crippen molar-refractivity contribution in [3.8, 4) is 11.3 Å². The van der Waals surface area contributed by atoms with Gasteiger partial charge in [-0.1, -0.05) is 69.3 Å². The Kier molecular flexibility index (Phi) is 3.69. The van der Waals surface area contributed by atoms with Crippen LogP contribution in [0.15, 0.2) is 67.0 Å². The van der Waals surface area contributed by atoms with Gasteiger partial charge in [0.25, 0.3) is 0 Å². The monoisotopic (exact) mass is 383 g/mol. The van der Waals surface area contributed by atoms with Gasteiger partial charge in [0.2, 0.25) is 0 Å². The second-order valence-electron chi connectivity index (χ2n) is 8.55. The quantitative estimate of drug-likeness (QED) is 0.321. The maximum absolute atomic E-state index is 8.44. The van der Waals surface area contributed by atoms with E-state index in [4.69, 9.17) is 1.37 Å². The highest BCUT2D eigenvalue weighted by molar-refractivity contribution is 7.26. The topological polar surface area (TPSA) is 25.8 Å². The lowest BCUT2D eigenvalue weighted by Gasteiger charge is -2.17. The van der Waals surface area contributed by atoms with Crippen LogP contribution < -0.4 is 0 Å². The molecule has 2 aromatic heterocycles. The number of rotatable bonds is 2. The molecule has 0 aliphatic heterocycles. The van der Waals surface area contributed by atoms with E-state index in [1.54, 1.807) is 17.7 Å². The SMILES string of the molecule is [2H]c1cc(-c2ncnc3c2sc2cc(CC(C)(C)C)ccc23)cc2ccccc12. The highest BCUT2D eigenvalue weighted by atomic mass is 32.1. The predicted molar refractivity (Wildman–Crippen MR) is 121 cm³/mol. The summed E-state index contributed by atoms with van der Waals surface area (Å²) in [6.45, 7) is 6.80. The Morgan fingerprint density at radius 1 is 0.964 bits per heavy atom. The van der Waals surface area contributed by atoms with Gasteiger partial charge in [0.1, 0.15) is 6.33 Å². The Labute approximate surface area is 170 Å². The molecule has 0 aliphatic rings. The fourth-order valence-electron chi connectivity index (χ4n) is 3.80. The second kappa shape index (κ2) is 6.39. The molecule has 5 aromatic rings. The van der Waals surface area contributed by atoms with Gasteiger partial charge < -0.3 is 0 Å². The van der Waals surface area contributed by atoms with Gasteiger partial charge in [0.05, 0.1) is 17.3 Å². The normalized spacial score (nSPS) is 12.8. The first kappa shape index (κ1) is 16.2. The fourth-order valence-corrected chi connectivity index (χ4v) is 5.03. The minimum absolute atomic E-state index is 0.255. The van der Waals surface area contributed by atoms with Crippen LogP contribution >= 0.6 is 11.3 Å². The van der Waals surface area contributed by atoms with Crippen LogP contribution in [-0.4, -0.2) is 9.97 Å². The molecule has 0 saturated heterocycles. The van der Waals surface area contributed by atoms with Crippen LogP contribution in [0.25, 0.3) is 42.3 Å². The molecule has 2 heterocycles. The first-order chi connectivity index (χ1) is 13.9. The Balaban J connectivity index is 1.72. The van der Waals surface area contributed by atoms with Crippen LogP contribution in [0.4, 0.5) is 0 Å². The summed E-state index contributed by atoms with van der Waals surface area (Å²) in [6, 6.07) is 19.3. The molecular weight excluding hydrogens is 360 g/mol. The van der Waals surface area contributed by atoms with E-state index in [0.29, 0.717) is 6.04 Å². The van der Waals surface area contributed by atoms with Gasteiger partial charge in [-0.25, -0.2) is 9.97 Å². The van der Waals surface area contributed by atoms with Gasteiger partial charge >= 0.3 is 0 Å². The van der Waals surface area contributed by atoms with Gasteiger partial charge in [0, 0.05) is 15.6 Å². The third-order valence-electron chi connectivity index (χ3n) is 4.98. The highest BCUT2D eigenvalue weighted by Crippen LogP contribution is 2.39. The number of thiophene rings is 1. The zero-order chi connectivity index (χ0) is 20.2. The van der Waals surface area contributed by atoms with E-state index >= 15 is 0 Å². The Bertz CT molecular complexity index is 1380. The number of benzene rings is 3. The maximum Gasteiger partial charge on any atom is 0.116 e. The number of hydrogen-bond donors (Lipinski definition) is 0. The summed E-state index contributed by atoms with van der Waals surface area (Å²) < 4.78 is 10.8. The third kappa shape index (κ3) is 3.06. The molecule has 0 unspecified atom stereocenters. The van der Waals surface area contributed by atoms with E-state index in [9.17, 15) is 0 Å². The lowest BCUT2D eigenvalue weighted by atomic mass is 9.88. The van der Waals surface area contributed by atoms with E-state index < -0.39 is 0 Å². The molecule has 0 spiro atoms. The first-order valence-corrected chi connectivity index (χ1v) is 10.4. The standard InChI is InChI=1S/C25H22N2S/c1-25(2,3)14-16-8-11-20-21(12-16)28-24-22(26-15-27-23(20)24)19-10-9-17-6-4-5-7-18(17)13-19/h4-13,15H,14H2,1-3H3/i9D. The first-order valence-electron chi connectivity index (χ1n) is 10.0. The molecule has 5 rings (SSSR count). The molecule has 0 fully saturated rings. The van der Waals surface area contributed by atoms with Crippen molar-refractivity contribution in [3.05, 3.63) is 72.5 Å². The summed E-state index contributed by atoms with van der Waals surface area (Å²) in [4.78, 5) is 9.22. The zero-order valence-corrected chi connectivity index (χ0v) is 17.1. The molecule has 0 radical (unpaired) electrons. The van der Waals surface area contributed by atoms with Crippen molar-refractivity contribution in [3.63, 3.8) is 0 Å². The van der Waals surface area contributed by atoms with Gasteiger partial charge in [-0.15, -0.1) is 11.3 Å². The summed E-state index contributed by atoms with van der Waals surface area (Å²) >= 11 is 1.75. The minimum atomic E-state index is 0.255. The molecule has 0 atom stereocenters. The molecule has 138 valence electrons. The van der Waals surface area contributed by atoms with Crippen molar-refractivity contribution in [2.75, 3.05) is 0 Å². The average molecular weight is 384 g/mol. The number of aromatic nitrogens is 2. The molecule has 2 nitrogen and oxygen atoms in total. The van der Waals surface area contributed by atoms with Crippen LogP contribution in [0.5, 0.6) is 0 Å². The minimum Gasteiger partial charge on any atom is -0.235 e. The van der Waals surface area contributed by atoms with Crippen molar-refractivity contribution >= 4 is 42.4 Å². The lowest BCUT2D eigenvalue weighted by Crippen LogP contribution is -2.08. The van der Waals surface area contributed by atoms with E-state index in [2.05, 4.69) is 61.1 Å². The number of hydrogen-bond acceptors (Lipinski definition) is 3. The van der Waals surface area contributed by atoms with Crippen LogP contribution in [0, 0.1) is 5.41 Å². The van der Waals surface area contributed by atoms with Crippen LogP contribution in [0.3, 0.4) is 0 Å². The molecule has 28 heavy (non-hydrogen) atoms. The molecule has 3 heteroatoms. The van der Waals surface area contributed by atoms with Crippen LogP contribution in [0.2, 0.25) is 0 Å². The molecule has 0 saturated carbocycles. The second-order valence-corrected chi connectivity index (χ2v) is 9.60. The lowest BCUT2D eigenvalue weighted by molar-refractivity contribution is 0.411. The molecule has 3 aromatic carbocycles. The van der Waals surface area contributed by atoms with E-state index in [1.165, 1.54) is 15.6 Å². The van der Waals surface area contributed by atoms with Gasteiger partial charge in [-0.2, -0.15) is 0 Å². The molecular formula is C25H22N2S. The molecule has 0 N–H and O–H groups in total. The molecule has 0 amide bonds. The van der Waals surface area contributed by atoms with Crippen LogP contribution in [0.1, 0.15) is 27.7 Å². The van der Waals surface area contributed by atoms with Crippen molar-refractivity contribution in [1.29, 1.82) is 0 Å². The number of nitrogens with zero attached hydrogens (tertiary/aromatic N) is 2. The average Bonchev–Trinajstić information content (AvgIpc) is 3.04. The van der Waals surface area contributed by atoms with E-state index in [1.807, 2.05) is 24.3 Å². The van der Waals surface area contributed by atoms with Crippen molar-refractivity contribution in [2.45, 2.75) is 27.2 Å². The fraction of sp³-hybridized carbons (Fsp3) is 0.200. The summed E-state index contributed by atoms with van der Waals surface area (Å²) in [5, 5.41) is 3.21. The van der Waals surface area contributed by atoms with Crippen LogP contribution in [-0.2, 0) is 6.42 Å². The summed E-state index contributed by atoms with van der Waals surface area (Å²) in [6.07, 6.45) is 2.69. The zero-order valence-electron chi connectivity index (χ0n) is 17.3. The smallest absolute Gasteiger partial charge is 0.116 e. The van der Waals surface area contributed by atoms with Crippen molar-refractivity contribution < 1.29 is 1.37 Å². The Morgan fingerprint density at radius 2 is 1.79 bits per heavy atom. The maximum atomic E-state index is 8.44. The van der Waals surface area contributed by atoms with E-state index in [0.717, 1.165) is 38.7 Å². The number of fused-ring (bicyclic) bond motifs is 4. The van der Waals surface area contributed by atoms with Gasteiger partial charge in [0.15, 0.2) is 0 Å². The van der Waals surface area contributed by atoms with Gasteiger partial charge in [-0.3, -0.25) is 0 Å². The molecule has 0 aliphatic carbocycles. The summed E-state index contributed by atoms with van der Waals surface area (Å²) in [7, 11) is 0. The summed E-state index contributed by atoms with van der Waals surface area (Å²) in [5.74, 6) is 0. The van der Waals surface area contributed by atoms with Crippen molar-refractivity contribution in [2.24, 2.45) is 5.41 Å². The largest absolute Gasteiger partial charge is 0.235 e. The predicted octanol–water partition coefficient (Wildman–Crippen LogP) is 7.25.